The van der Waals surface area contributed by atoms with Gasteiger partial charge in [-0.1, -0.05) is 34.5 Å². The maximum Gasteiger partial charge on any atom is 0.166 e. The van der Waals surface area contributed by atoms with Crippen LogP contribution in [0.4, 0.5) is 0 Å². The van der Waals surface area contributed by atoms with Gasteiger partial charge in [0, 0.05) is 11.8 Å². The average Bonchev–Trinajstić information content (AvgIpc) is 2.34. The number of carbonyl (C=O) groups is 1. The third kappa shape index (κ3) is 5.21. The van der Waals surface area contributed by atoms with Gasteiger partial charge >= 0.3 is 0 Å². The van der Waals surface area contributed by atoms with E-state index in [0.29, 0.717) is 17.7 Å². The number of Topliss-reactive ketones (excluding diaryl/α,β-unsaturated/α-hetero) is 1. The van der Waals surface area contributed by atoms with E-state index in [1.807, 2.05) is 38.1 Å². The Morgan fingerprint density at radius 3 is 2.61 bits per heavy atom. The number of alkyl halides is 1. The van der Waals surface area contributed by atoms with Crippen molar-refractivity contribution in [3.05, 3.63) is 29.8 Å². The van der Waals surface area contributed by atoms with Gasteiger partial charge in [-0.15, -0.1) is 0 Å². The molecule has 1 rings (SSSR count). The van der Waals surface area contributed by atoms with Gasteiger partial charge in [0.15, 0.2) is 5.78 Å². The first kappa shape index (κ1) is 15.2. The molecule has 0 fully saturated rings. The average molecular weight is 313 g/mol. The summed E-state index contributed by atoms with van der Waals surface area (Å²) in [5, 5.41) is 1.01. The lowest BCUT2D eigenvalue weighted by atomic mass is 10.0. The van der Waals surface area contributed by atoms with Crippen LogP contribution in [0.5, 0.6) is 5.75 Å². The second-order valence-electron chi connectivity index (χ2n) is 4.59. The van der Waals surface area contributed by atoms with E-state index < -0.39 is 0 Å². The number of hydrogen-bond acceptors (Lipinski definition) is 2. The van der Waals surface area contributed by atoms with Crippen LogP contribution in [0, 0.1) is 0 Å². The van der Waals surface area contributed by atoms with E-state index in [0.717, 1.165) is 24.6 Å². The largest absolute Gasteiger partial charge is 0.490 e. The zero-order chi connectivity index (χ0) is 13.4. The van der Waals surface area contributed by atoms with Crippen LogP contribution in [0.2, 0.25) is 0 Å². The zero-order valence-electron chi connectivity index (χ0n) is 11.1. The molecule has 0 saturated heterocycles. The normalized spacial score (nSPS) is 10.7. The molecule has 0 aromatic heterocycles. The molecule has 0 saturated carbocycles. The van der Waals surface area contributed by atoms with Crippen LogP contribution in [0.1, 0.15) is 49.9 Å². The topological polar surface area (TPSA) is 26.3 Å². The molecular weight excluding hydrogens is 292 g/mol. The zero-order valence-corrected chi connectivity index (χ0v) is 12.7. The van der Waals surface area contributed by atoms with Crippen LogP contribution in [0.3, 0.4) is 0 Å². The van der Waals surface area contributed by atoms with Crippen molar-refractivity contribution >= 4 is 21.7 Å². The fourth-order valence-electron chi connectivity index (χ4n) is 1.75. The van der Waals surface area contributed by atoms with Crippen molar-refractivity contribution in [1.29, 1.82) is 0 Å². The molecule has 0 amide bonds. The van der Waals surface area contributed by atoms with Crippen LogP contribution in [0.15, 0.2) is 24.3 Å². The fourth-order valence-corrected chi connectivity index (χ4v) is 2.14. The smallest absolute Gasteiger partial charge is 0.166 e. The maximum atomic E-state index is 12.1. The van der Waals surface area contributed by atoms with E-state index in [-0.39, 0.29) is 11.9 Å². The third-order valence-electron chi connectivity index (χ3n) is 2.59. The van der Waals surface area contributed by atoms with Gasteiger partial charge in [-0.05, 0) is 38.8 Å². The van der Waals surface area contributed by atoms with Gasteiger partial charge in [0.2, 0.25) is 0 Å². The molecular formula is C15H21BrO2. The number of unbranched alkanes of at least 4 members (excludes halogenated alkanes) is 2. The molecule has 2 nitrogen and oxygen atoms in total. The number of benzene rings is 1. The summed E-state index contributed by atoms with van der Waals surface area (Å²) in [6, 6.07) is 7.51. The molecule has 0 radical (unpaired) electrons. The molecule has 18 heavy (non-hydrogen) atoms. The van der Waals surface area contributed by atoms with Crippen LogP contribution in [-0.4, -0.2) is 17.2 Å². The van der Waals surface area contributed by atoms with Crippen molar-refractivity contribution in [2.45, 2.75) is 45.6 Å². The minimum absolute atomic E-state index is 0.0901. The van der Waals surface area contributed by atoms with Gasteiger partial charge in [0.05, 0.1) is 11.7 Å². The van der Waals surface area contributed by atoms with Gasteiger partial charge in [-0.2, -0.15) is 0 Å². The SMILES string of the molecule is CC(C)Oc1ccccc1C(=O)CCCCCBr. The first-order chi connectivity index (χ1) is 8.65. The predicted molar refractivity (Wildman–Crippen MR) is 78.8 cm³/mol. The summed E-state index contributed by atoms with van der Waals surface area (Å²) in [6.45, 7) is 3.94. The lowest BCUT2D eigenvalue weighted by molar-refractivity contribution is 0.0973. The van der Waals surface area contributed by atoms with Crippen molar-refractivity contribution in [3.63, 3.8) is 0 Å². The van der Waals surface area contributed by atoms with Gasteiger partial charge in [0.25, 0.3) is 0 Å². The van der Waals surface area contributed by atoms with Crippen LogP contribution in [0.25, 0.3) is 0 Å². The van der Waals surface area contributed by atoms with Gasteiger partial charge < -0.3 is 4.74 Å². The quantitative estimate of drug-likeness (QED) is 0.398. The standard InChI is InChI=1S/C15H21BrO2/c1-12(2)18-15-10-6-5-8-13(15)14(17)9-4-3-7-11-16/h5-6,8,10,12H,3-4,7,9,11H2,1-2H3. The Labute approximate surface area is 118 Å². The molecule has 0 bridgehead atoms. The lowest BCUT2D eigenvalue weighted by Crippen LogP contribution is -2.10. The molecule has 0 aliphatic carbocycles. The fraction of sp³-hybridized carbons (Fsp3) is 0.533. The molecule has 0 atom stereocenters. The summed E-state index contributed by atoms with van der Waals surface area (Å²) in [6.07, 6.45) is 3.85. The van der Waals surface area contributed by atoms with Gasteiger partial charge in [0.1, 0.15) is 5.75 Å². The van der Waals surface area contributed by atoms with Crippen LogP contribution < -0.4 is 4.74 Å². The summed E-state index contributed by atoms with van der Waals surface area (Å²) in [4.78, 5) is 12.1. The Morgan fingerprint density at radius 2 is 1.94 bits per heavy atom. The Bertz CT molecular complexity index is 375. The maximum absolute atomic E-state index is 12.1. The number of hydrogen-bond donors (Lipinski definition) is 0. The highest BCUT2D eigenvalue weighted by atomic mass is 79.9. The Hall–Kier alpha value is -0.830. The number of carbonyl (C=O) groups excluding carboxylic acids is 1. The summed E-state index contributed by atoms with van der Waals surface area (Å²) in [7, 11) is 0. The summed E-state index contributed by atoms with van der Waals surface area (Å²) in [5.41, 5.74) is 0.713. The Morgan fingerprint density at radius 1 is 1.22 bits per heavy atom. The molecule has 0 N–H and O–H groups in total. The Balaban J connectivity index is 2.61. The number of rotatable bonds is 8. The minimum atomic E-state index is 0.0901. The van der Waals surface area contributed by atoms with E-state index in [1.165, 1.54) is 0 Å². The second-order valence-corrected chi connectivity index (χ2v) is 5.38. The van der Waals surface area contributed by atoms with E-state index in [4.69, 9.17) is 4.74 Å². The second kappa shape index (κ2) is 8.30. The summed E-state index contributed by atoms with van der Waals surface area (Å²) < 4.78 is 5.67. The Kier molecular flexibility index (Phi) is 7.02. The van der Waals surface area contributed by atoms with Gasteiger partial charge in [-0.25, -0.2) is 0 Å². The first-order valence-electron chi connectivity index (χ1n) is 6.50. The van der Waals surface area contributed by atoms with Crippen molar-refractivity contribution < 1.29 is 9.53 Å². The highest BCUT2D eigenvalue weighted by Gasteiger charge is 2.12. The lowest BCUT2D eigenvalue weighted by Gasteiger charge is -2.13. The molecule has 0 spiro atoms. The third-order valence-corrected chi connectivity index (χ3v) is 3.15. The van der Waals surface area contributed by atoms with E-state index in [9.17, 15) is 4.79 Å². The molecule has 100 valence electrons. The van der Waals surface area contributed by atoms with E-state index >= 15 is 0 Å². The first-order valence-corrected chi connectivity index (χ1v) is 7.62. The molecule has 0 heterocycles. The molecule has 1 aromatic carbocycles. The molecule has 1 aromatic rings. The molecule has 3 heteroatoms. The summed E-state index contributed by atoms with van der Waals surface area (Å²) in [5.74, 6) is 0.888. The van der Waals surface area contributed by atoms with Crippen molar-refractivity contribution in [2.75, 3.05) is 5.33 Å². The van der Waals surface area contributed by atoms with Gasteiger partial charge in [-0.3, -0.25) is 4.79 Å². The molecule has 0 aliphatic rings. The summed E-state index contributed by atoms with van der Waals surface area (Å²) >= 11 is 3.40. The molecule has 0 unspecified atom stereocenters. The number of para-hydroxylation sites is 1. The van der Waals surface area contributed by atoms with Crippen LogP contribution in [-0.2, 0) is 0 Å². The van der Waals surface area contributed by atoms with E-state index in [1.54, 1.807) is 0 Å². The number of ether oxygens (including phenoxy) is 1. The van der Waals surface area contributed by atoms with Crippen molar-refractivity contribution in [1.82, 2.24) is 0 Å². The predicted octanol–water partition coefficient (Wildman–Crippen LogP) is 4.61. The van der Waals surface area contributed by atoms with Crippen molar-refractivity contribution in [3.8, 4) is 5.75 Å². The highest BCUT2D eigenvalue weighted by Crippen LogP contribution is 2.21. The molecule has 0 aliphatic heterocycles. The number of ketones is 1. The minimum Gasteiger partial charge on any atom is -0.490 e. The monoisotopic (exact) mass is 312 g/mol. The highest BCUT2D eigenvalue weighted by molar-refractivity contribution is 9.09. The van der Waals surface area contributed by atoms with E-state index in [2.05, 4.69) is 15.9 Å². The van der Waals surface area contributed by atoms with Crippen LogP contribution >= 0.6 is 15.9 Å². The number of halogens is 1. The van der Waals surface area contributed by atoms with Crippen molar-refractivity contribution in [2.24, 2.45) is 0 Å².